The third-order valence-corrected chi connectivity index (χ3v) is 7.63. The average molecular weight is 749 g/mol. The molecule has 0 aromatic heterocycles. The molecule has 0 heterocycles. The van der Waals surface area contributed by atoms with Gasteiger partial charge in [-0.3, -0.25) is 28.8 Å². The number of Topliss-reactive ketones (excluding diaryl/α,β-unsaturated/α-hetero) is 1. The SMILES string of the molecule is COc1ccc([C@H](NC(=O)C(Cc2cccc(Cl)c2)NC(=O)c2ccc(OCC(=O)NCC(=O)O)cc2)C(=O)N[C@H](C(=O)C(F)(F)F)C(C)C)cc1. The fourth-order valence-electron chi connectivity index (χ4n) is 4.71. The standard InChI is InChI=1S/C35H36ClF3N4O9/c1-19(2)29(31(47)35(37,38)39)42-34(50)30(21-7-11-24(51-3)12-8-21)43-33(49)26(16-20-5-4-6-23(36)15-20)41-32(48)22-9-13-25(14-10-22)52-18-27(44)40-17-28(45)46/h4-15,19,26,29-30H,16-18H2,1-3H3,(H,40,44)(H,41,48)(H,42,50)(H,43,49)(H,45,46)/t26?,29-,30-/m0/s1. The van der Waals surface area contributed by atoms with Crippen LogP contribution < -0.4 is 30.7 Å². The summed E-state index contributed by atoms with van der Waals surface area (Å²) in [6.45, 7) is 1.56. The number of aliphatic carboxylic acids is 1. The van der Waals surface area contributed by atoms with E-state index in [1.54, 1.807) is 24.3 Å². The molecule has 17 heteroatoms. The molecule has 0 aliphatic rings. The topological polar surface area (TPSA) is 189 Å². The van der Waals surface area contributed by atoms with E-state index >= 15 is 0 Å². The molecule has 0 radical (unpaired) electrons. The fourth-order valence-corrected chi connectivity index (χ4v) is 4.93. The Morgan fingerprint density at radius 3 is 2.04 bits per heavy atom. The van der Waals surface area contributed by atoms with Gasteiger partial charge in [-0.1, -0.05) is 49.7 Å². The molecule has 0 saturated heterocycles. The number of benzene rings is 3. The maximum Gasteiger partial charge on any atom is 0.452 e. The van der Waals surface area contributed by atoms with E-state index in [9.17, 15) is 41.9 Å². The lowest BCUT2D eigenvalue weighted by atomic mass is 9.97. The van der Waals surface area contributed by atoms with Crippen LogP contribution in [-0.4, -0.2) is 79.0 Å². The summed E-state index contributed by atoms with van der Waals surface area (Å²) in [5.74, 6) is -7.26. The molecular formula is C35H36ClF3N4O9. The lowest BCUT2D eigenvalue weighted by Gasteiger charge is -2.27. The van der Waals surface area contributed by atoms with Crippen molar-refractivity contribution in [1.29, 1.82) is 0 Å². The normalized spacial score (nSPS) is 12.8. The first-order valence-corrected chi connectivity index (χ1v) is 16.0. The van der Waals surface area contributed by atoms with Gasteiger partial charge in [0.15, 0.2) is 6.61 Å². The lowest BCUT2D eigenvalue weighted by Crippen LogP contribution is -2.55. The molecule has 0 saturated carbocycles. The first-order chi connectivity index (χ1) is 24.5. The number of hydrogen-bond acceptors (Lipinski definition) is 8. The van der Waals surface area contributed by atoms with Crippen molar-refractivity contribution in [3.8, 4) is 11.5 Å². The second-order valence-electron chi connectivity index (χ2n) is 11.7. The number of carboxylic acids is 1. The van der Waals surface area contributed by atoms with Crippen LogP contribution in [0.3, 0.4) is 0 Å². The summed E-state index contributed by atoms with van der Waals surface area (Å²) in [4.78, 5) is 75.4. The summed E-state index contributed by atoms with van der Waals surface area (Å²) in [5.41, 5.74) is 0.703. The van der Waals surface area contributed by atoms with Crippen LogP contribution in [0, 0.1) is 5.92 Å². The minimum Gasteiger partial charge on any atom is -0.497 e. The molecule has 0 aliphatic heterocycles. The fraction of sp³-hybridized carbons (Fsp3) is 0.314. The van der Waals surface area contributed by atoms with Gasteiger partial charge in [-0.05, 0) is 65.6 Å². The van der Waals surface area contributed by atoms with E-state index in [-0.39, 0.29) is 23.3 Å². The predicted octanol–water partition coefficient (Wildman–Crippen LogP) is 3.40. The molecule has 0 bridgehead atoms. The molecule has 1 unspecified atom stereocenters. The Labute approximate surface area is 301 Å². The summed E-state index contributed by atoms with van der Waals surface area (Å²) in [6.07, 6.45) is -5.38. The average Bonchev–Trinajstić information content (AvgIpc) is 3.10. The minimum absolute atomic E-state index is 0.0569. The molecule has 3 aromatic rings. The Hall–Kier alpha value is -5.64. The summed E-state index contributed by atoms with van der Waals surface area (Å²) in [6, 6.07) is 12.6. The van der Waals surface area contributed by atoms with Gasteiger partial charge in [-0.25, -0.2) is 0 Å². The number of methoxy groups -OCH3 is 1. The predicted molar refractivity (Wildman–Crippen MR) is 181 cm³/mol. The van der Waals surface area contributed by atoms with E-state index in [4.69, 9.17) is 26.2 Å². The molecule has 0 aliphatic carbocycles. The van der Waals surface area contributed by atoms with Crippen LogP contribution in [0.4, 0.5) is 13.2 Å². The number of carbonyl (C=O) groups excluding carboxylic acids is 5. The van der Waals surface area contributed by atoms with Gasteiger partial charge in [-0.15, -0.1) is 0 Å². The van der Waals surface area contributed by atoms with Crippen LogP contribution in [-0.2, 0) is 30.4 Å². The van der Waals surface area contributed by atoms with Crippen LogP contribution in [0.5, 0.6) is 11.5 Å². The van der Waals surface area contributed by atoms with Crippen molar-refractivity contribution < 1.29 is 56.5 Å². The third kappa shape index (κ3) is 12.3. The summed E-state index contributed by atoms with van der Waals surface area (Å²) in [7, 11) is 1.39. The van der Waals surface area contributed by atoms with Crippen molar-refractivity contribution in [3.63, 3.8) is 0 Å². The number of ether oxygens (including phenoxy) is 2. The maximum absolute atomic E-state index is 13.9. The smallest absolute Gasteiger partial charge is 0.452 e. The van der Waals surface area contributed by atoms with Crippen molar-refractivity contribution >= 4 is 47.0 Å². The van der Waals surface area contributed by atoms with Gasteiger partial charge < -0.3 is 35.8 Å². The second kappa shape index (κ2) is 18.6. The zero-order chi connectivity index (χ0) is 38.6. The second-order valence-corrected chi connectivity index (χ2v) is 12.1. The van der Waals surface area contributed by atoms with Crippen LogP contribution in [0.1, 0.15) is 41.4 Å². The molecule has 278 valence electrons. The van der Waals surface area contributed by atoms with E-state index in [0.717, 1.165) is 0 Å². The van der Waals surface area contributed by atoms with Gasteiger partial charge >= 0.3 is 12.1 Å². The van der Waals surface area contributed by atoms with Gasteiger partial charge in [0.1, 0.15) is 30.1 Å². The molecule has 0 spiro atoms. The van der Waals surface area contributed by atoms with Gasteiger partial charge in [0, 0.05) is 17.0 Å². The van der Waals surface area contributed by atoms with Gasteiger partial charge in [0.05, 0.1) is 13.2 Å². The Morgan fingerprint density at radius 2 is 1.48 bits per heavy atom. The highest BCUT2D eigenvalue weighted by atomic mass is 35.5. The maximum atomic E-state index is 13.9. The lowest BCUT2D eigenvalue weighted by molar-refractivity contribution is -0.175. The van der Waals surface area contributed by atoms with Crippen molar-refractivity contribution in [2.24, 2.45) is 5.92 Å². The molecule has 3 atom stereocenters. The largest absolute Gasteiger partial charge is 0.497 e. The molecule has 52 heavy (non-hydrogen) atoms. The molecule has 3 aromatic carbocycles. The quantitative estimate of drug-likeness (QED) is 0.138. The highest BCUT2D eigenvalue weighted by molar-refractivity contribution is 6.30. The molecule has 0 fully saturated rings. The number of rotatable bonds is 17. The molecule has 3 rings (SSSR count). The van der Waals surface area contributed by atoms with E-state index in [1.807, 2.05) is 0 Å². The first kappa shape index (κ1) is 40.8. The third-order valence-electron chi connectivity index (χ3n) is 7.40. The van der Waals surface area contributed by atoms with Crippen molar-refractivity contribution in [2.45, 2.75) is 44.6 Å². The van der Waals surface area contributed by atoms with Gasteiger partial charge in [0.2, 0.25) is 11.8 Å². The van der Waals surface area contributed by atoms with E-state index in [2.05, 4.69) is 21.3 Å². The van der Waals surface area contributed by atoms with Crippen LogP contribution in [0.25, 0.3) is 0 Å². The summed E-state index contributed by atoms with van der Waals surface area (Å²) >= 11 is 6.14. The number of amides is 4. The molecule has 13 nitrogen and oxygen atoms in total. The van der Waals surface area contributed by atoms with Gasteiger partial charge in [-0.2, -0.15) is 13.2 Å². The number of carboxylic acid groups (broad SMARTS) is 1. The number of ketones is 1. The highest BCUT2D eigenvalue weighted by Crippen LogP contribution is 2.24. The van der Waals surface area contributed by atoms with Gasteiger partial charge in [0.25, 0.3) is 17.6 Å². The van der Waals surface area contributed by atoms with Crippen LogP contribution >= 0.6 is 11.6 Å². The van der Waals surface area contributed by atoms with E-state index < -0.39 is 78.8 Å². The number of nitrogens with one attached hydrogen (secondary N) is 4. The monoisotopic (exact) mass is 748 g/mol. The van der Waals surface area contributed by atoms with E-state index in [1.165, 1.54) is 69.5 Å². The number of carbonyl (C=O) groups is 6. The summed E-state index contributed by atoms with van der Waals surface area (Å²) in [5, 5.41) is 18.4. The van der Waals surface area contributed by atoms with Crippen LogP contribution in [0.15, 0.2) is 72.8 Å². The number of halogens is 4. The molecule has 4 amide bonds. The van der Waals surface area contributed by atoms with Crippen molar-refractivity contribution in [3.05, 3.63) is 94.5 Å². The Morgan fingerprint density at radius 1 is 0.846 bits per heavy atom. The summed E-state index contributed by atoms with van der Waals surface area (Å²) < 4.78 is 50.6. The number of alkyl halides is 3. The highest BCUT2D eigenvalue weighted by Gasteiger charge is 2.45. The Kier molecular flexibility index (Phi) is 14.6. The van der Waals surface area contributed by atoms with Crippen LogP contribution in [0.2, 0.25) is 5.02 Å². The van der Waals surface area contributed by atoms with Crippen molar-refractivity contribution in [2.75, 3.05) is 20.3 Å². The van der Waals surface area contributed by atoms with E-state index in [0.29, 0.717) is 16.3 Å². The Balaban J connectivity index is 1.88. The number of hydrogen-bond donors (Lipinski definition) is 5. The first-order valence-electron chi connectivity index (χ1n) is 15.6. The zero-order valence-corrected chi connectivity index (χ0v) is 28.8. The van der Waals surface area contributed by atoms with Crippen molar-refractivity contribution in [1.82, 2.24) is 21.3 Å². The zero-order valence-electron chi connectivity index (χ0n) is 28.1. The molecule has 5 N–H and O–H groups in total. The minimum atomic E-state index is -5.24. The molecular weight excluding hydrogens is 713 g/mol. The Bertz CT molecular complexity index is 1750.